The summed E-state index contributed by atoms with van der Waals surface area (Å²) in [6.07, 6.45) is 0.546. The van der Waals surface area contributed by atoms with E-state index >= 15 is 0 Å². The molecule has 28 heavy (non-hydrogen) atoms. The average molecular weight is 390 g/mol. The summed E-state index contributed by atoms with van der Waals surface area (Å²) in [5.41, 5.74) is 4.86. The quantitative estimate of drug-likeness (QED) is 0.441. The smallest absolute Gasteiger partial charge is 0.550 e. The normalized spacial score (nSPS) is 11.5. The maximum absolute atomic E-state index is 10.5. The number of hydrogen-bond acceptors (Lipinski definition) is 6. The number of fused-ring (bicyclic) bond motifs is 1. The van der Waals surface area contributed by atoms with Crippen molar-refractivity contribution in [1.29, 1.82) is 0 Å². The molecule has 2 N–H and O–H groups in total. The summed E-state index contributed by atoms with van der Waals surface area (Å²) in [6, 6.07) is 11.9. The van der Waals surface area contributed by atoms with E-state index in [1.165, 1.54) is 0 Å². The Morgan fingerprint density at radius 3 is 2.75 bits per heavy atom. The largest absolute Gasteiger partial charge is 1.00 e. The third kappa shape index (κ3) is 5.92. The van der Waals surface area contributed by atoms with Crippen LogP contribution in [-0.4, -0.2) is 19.3 Å². The van der Waals surface area contributed by atoms with Crippen molar-refractivity contribution >= 4 is 17.4 Å². The first-order chi connectivity index (χ1) is 13.0. The average Bonchev–Trinajstić information content (AvgIpc) is 3.11. The fraction of sp³-hybridized carbons (Fsp3) is 0.286. The third-order valence-corrected chi connectivity index (χ3v) is 4.32. The van der Waals surface area contributed by atoms with Gasteiger partial charge in [0, 0.05) is 36.0 Å². The molecule has 0 amide bonds. The van der Waals surface area contributed by atoms with E-state index in [4.69, 9.17) is 9.47 Å². The molecule has 1 aliphatic rings. The minimum absolute atomic E-state index is 0. The fourth-order valence-electron chi connectivity index (χ4n) is 2.87. The van der Waals surface area contributed by atoms with Crippen LogP contribution >= 0.6 is 0 Å². The van der Waals surface area contributed by atoms with Crippen molar-refractivity contribution in [2.75, 3.05) is 18.7 Å². The third-order valence-electron chi connectivity index (χ3n) is 4.32. The van der Waals surface area contributed by atoms with Crippen molar-refractivity contribution in [3.8, 4) is 11.5 Å². The van der Waals surface area contributed by atoms with E-state index in [1.54, 1.807) is 0 Å². The molecule has 142 valence electrons. The van der Waals surface area contributed by atoms with Crippen molar-refractivity contribution in [3.05, 3.63) is 59.7 Å². The van der Waals surface area contributed by atoms with Crippen molar-refractivity contribution in [3.63, 3.8) is 0 Å². The minimum Gasteiger partial charge on any atom is -0.550 e. The predicted molar refractivity (Wildman–Crippen MR) is 102 cm³/mol. The standard InChI is InChI=1S/C21H24N2O4.Na/c1-14-5-7-18(22-9-3-4-21(24)25)17(10-14)15(2)23-12-16-6-8-19-20(11-16)27-13-26-19;/h5-8,10-11,22-23H,2-4,9,12-13H2,1H3,(H,24,25);/q;+1/p-1. The van der Waals surface area contributed by atoms with Crippen LogP contribution in [0.15, 0.2) is 43.0 Å². The maximum atomic E-state index is 10.5. The van der Waals surface area contributed by atoms with Crippen LogP contribution in [0.2, 0.25) is 0 Å². The summed E-state index contributed by atoms with van der Waals surface area (Å²) in [5.74, 6) is 0.487. The number of ether oxygens (including phenoxy) is 2. The molecule has 0 radical (unpaired) electrons. The molecule has 0 aromatic heterocycles. The molecular weight excluding hydrogens is 367 g/mol. The monoisotopic (exact) mass is 390 g/mol. The molecule has 0 aliphatic carbocycles. The van der Waals surface area contributed by atoms with Gasteiger partial charge in [-0.2, -0.15) is 0 Å². The van der Waals surface area contributed by atoms with Gasteiger partial charge in [0.15, 0.2) is 11.5 Å². The molecule has 2 aromatic rings. The van der Waals surface area contributed by atoms with E-state index in [0.29, 0.717) is 19.5 Å². The van der Waals surface area contributed by atoms with Gasteiger partial charge in [0.1, 0.15) is 0 Å². The molecule has 0 fully saturated rings. The molecule has 6 nitrogen and oxygen atoms in total. The van der Waals surface area contributed by atoms with Crippen molar-refractivity contribution in [1.82, 2.24) is 5.32 Å². The van der Waals surface area contributed by atoms with Gasteiger partial charge in [0.2, 0.25) is 6.79 Å². The molecule has 0 saturated carbocycles. The number of rotatable bonds is 9. The van der Waals surface area contributed by atoms with Crippen molar-refractivity contribution in [2.45, 2.75) is 26.3 Å². The van der Waals surface area contributed by atoms with Crippen LogP contribution in [-0.2, 0) is 11.3 Å². The molecule has 0 spiro atoms. The predicted octanol–water partition coefficient (Wildman–Crippen LogP) is -0.570. The summed E-state index contributed by atoms with van der Waals surface area (Å²) < 4.78 is 10.7. The number of carboxylic acid groups (broad SMARTS) is 1. The second-order valence-electron chi connectivity index (χ2n) is 6.47. The Morgan fingerprint density at radius 1 is 1.18 bits per heavy atom. The van der Waals surface area contributed by atoms with Crippen molar-refractivity contribution in [2.24, 2.45) is 0 Å². The van der Waals surface area contributed by atoms with Crippen LogP contribution in [0.25, 0.3) is 5.70 Å². The Labute approximate surface area is 187 Å². The van der Waals surface area contributed by atoms with Crippen LogP contribution < -0.4 is 54.8 Å². The van der Waals surface area contributed by atoms with Crippen LogP contribution in [0, 0.1) is 6.92 Å². The molecular formula is C21H23N2NaO4. The molecule has 0 atom stereocenters. The number of benzene rings is 2. The van der Waals surface area contributed by atoms with Crippen molar-refractivity contribution < 1.29 is 48.9 Å². The molecule has 0 unspecified atom stereocenters. The summed E-state index contributed by atoms with van der Waals surface area (Å²) in [7, 11) is 0. The summed E-state index contributed by atoms with van der Waals surface area (Å²) >= 11 is 0. The number of nitrogens with one attached hydrogen (secondary N) is 2. The number of carbonyl (C=O) groups is 1. The number of aliphatic carboxylic acids is 1. The van der Waals surface area contributed by atoms with Gasteiger partial charge in [-0.3, -0.25) is 0 Å². The molecule has 0 bridgehead atoms. The van der Waals surface area contributed by atoms with Crippen LogP contribution in [0.4, 0.5) is 5.69 Å². The Hall–Kier alpha value is -2.15. The number of aryl methyl sites for hydroxylation is 1. The number of anilines is 1. The molecule has 7 heteroatoms. The van der Waals surface area contributed by atoms with E-state index in [0.717, 1.165) is 39.6 Å². The van der Waals surface area contributed by atoms with Gasteiger partial charge in [0.05, 0.1) is 0 Å². The van der Waals surface area contributed by atoms with Gasteiger partial charge in [0.25, 0.3) is 0 Å². The van der Waals surface area contributed by atoms with Crippen LogP contribution in [0.3, 0.4) is 0 Å². The minimum atomic E-state index is -1.03. The second kappa shape index (κ2) is 10.4. The molecule has 3 rings (SSSR count). The van der Waals surface area contributed by atoms with Gasteiger partial charge in [-0.1, -0.05) is 24.3 Å². The number of carboxylic acids is 1. The first-order valence-corrected chi connectivity index (χ1v) is 8.89. The van der Waals surface area contributed by atoms with Gasteiger partial charge >= 0.3 is 29.6 Å². The van der Waals surface area contributed by atoms with Gasteiger partial charge in [-0.05, 0) is 49.6 Å². The Morgan fingerprint density at radius 2 is 1.96 bits per heavy atom. The number of hydrogen-bond donors (Lipinski definition) is 2. The first-order valence-electron chi connectivity index (χ1n) is 8.89. The zero-order chi connectivity index (χ0) is 19.2. The van der Waals surface area contributed by atoms with Gasteiger partial charge < -0.3 is 30.0 Å². The number of carbonyl (C=O) groups excluding carboxylic acids is 1. The molecule has 0 saturated heterocycles. The van der Waals surface area contributed by atoms with E-state index < -0.39 is 5.97 Å². The van der Waals surface area contributed by atoms with Gasteiger partial charge in [-0.15, -0.1) is 0 Å². The second-order valence-corrected chi connectivity index (χ2v) is 6.47. The summed E-state index contributed by atoms with van der Waals surface area (Å²) in [5, 5.41) is 17.2. The molecule has 1 aliphatic heterocycles. The topological polar surface area (TPSA) is 82.6 Å². The first kappa shape index (κ1) is 22.1. The zero-order valence-corrected chi connectivity index (χ0v) is 18.3. The summed E-state index contributed by atoms with van der Waals surface area (Å²) in [4.78, 5) is 10.5. The van der Waals surface area contributed by atoms with E-state index in [2.05, 4.69) is 23.3 Å². The van der Waals surface area contributed by atoms with E-state index in [1.807, 2.05) is 37.3 Å². The zero-order valence-electron chi connectivity index (χ0n) is 16.3. The Bertz CT molecular complexity index is 854. The van der Waals surface area contributed by atoms with Crippen LogP contribution in [0.5, 0.6) is 11.5 Å². The Kier molecular flexibility index (Phi) is 8.23. The maximum Gasteiger partial charge on any atom is 1.00 e. The molecule has 2 aromatic carbocycles. The summed E-state index contributed by atoms with van der Waals surface area (Å²) in [6.45, 7) is 7.60. The van der Waals surface area contributed by atoms with Crippen LogP contribution in [0.1, 0.15) is 29.5 Å². The SMILES string of the molecule is C=C(NCc1ccc2c(c1)OCO2)c1cc(C)ccc1NCCCC(=O)[O-].[Na+]. The fourth-order valence-corrected chi connectivity index (χ4v) is 2.87. The van der Waals surface area contributed by atoms with E-state index in [-0.39, 0.29) is 42.8 Å². The van der Waals surface area contributed by atoms with E-state index in [9.17, 15) is 9.90 Å². The van der Waals surface area contributed by atoms with Gasteiger partial charge in [-0.25, -0.2) is 0 Å². The molecule has 1 heterocycles. The Balaban J connectivity index is 0.00000280.